The molecule has 0 aromatic heterocycles. The number of nitrogens with zero attached hydrogens (tertiary/aromatic N) is 3. The second-order valence-electron chi connectivity index (χ2n) is 11.7. The second-order valence-corrected chi connectivity index (χ2v) is 13.6. The fourth-order valence-electron chi connectivity index (χ4n) is 4.91. The van der Waals surface area contributed by atoms with Gasteiger partial charge in [0.15, 0.2) is 0 Å². The molecule has 0 N–H and O–H groups in total. The first kappa shape index (κ1) is 25.3. The fourth-order valence-corrected chi connectivity index (χ4v) is 5.65. The normalized spacial score (nSPS) is 22.7. The molecule has 4 rings (SSSR count). The molecule has 0 radical (unpaired) electrons. The van der Waals surface area contributed by atoms with Gasteiger partial charge < -0.3 is 23.8 Å². The summed E-state index contributed by atoms with van der Waals surface area (Å²) in [6, 6.07) is 6.64. The standard InChI is InChI=1S/C26H39N3O4S/c1-24(2,3)33-23(30)29-11-9-26(10-12-29)18-19-7-8-20(28-13-15-32-16-14-28)17-21(19)22(26)27-34(31)25(4,5)6/h7-8,17H,9-16,18H2,1-6H3. The van der Waals surface area contributed by atoms with E-state index in [9.17, 15) is 9.35 Å². The molecular formula is C26H39N3O4S. The van der Waals surface area contributed by atoms with Gasteiger partial charge in [0, 0.05) is 42.8 Å². The highest BCUT2D eigenvalue weighted by molar-refractivity contribution is 7.91. The average molecular weight is 490 g/mol. The number of carbonyl (C=O) groups excluding carboxylic acids is 1. The average Bonchev–Trinajstić information content (AvgIpc) is 3.05. The van der Waals surface area contributed by atoms with Crippen molar-refractivity contribution in [1.29, 1.82) is 0 Å². The van der Waals surface area contributed by atoms with Gasteiger partial charge in [-0.2, -0.15) is 0 Å². The molecule has 7 nitrogen and oxygen atoms in total. The first-order valence-electron chi connectivity index (χ1n) is 12.3. The zero-order valence-corrected chi connectivity index (χ0v) is 22.3. The van der Waals surface area contributed by atoms with Crippen LogP contribution < -0.4 is 4.90 Å². The van der Waals surface area contributed by atoms with Gasteiger partial charge in [0.2, 0.25) is 0 Å². The van der Waals surface area contributed by atoms with E-state index in [1.807, 2.05) is 41.5 Å². The summed E-state index contributed by atoms with van der Waals surface area (Å²) in [6.45, 7) is 16.0. The van der Waals surface area contributed by atoms with Crippen LogP contribution in [0.3, 0.4) is 0 Å². The van der Waals surface area contributed by atoms with Crippen LogP contribution in [0.4, 0.5) is 10.5 Å². The molecule has 34 heavy (non-hydrogen) atoms. The maximum absolute atomic E-state index is 13.2. The molecule has 0 bridgehead atoms. The molecule has 1 unspecified atom stereocenters. The molecular weight excluding hydrogens is 450 g/mol. The zero-order valence-electron chi connectivity index (χ0n) is 21.5. The van der Waals surface area contributed by atoms with E-state index in [0.29, 0.717) is 13.1 Å². The molecule has 1 aliphatic carbocycles. The number of carbonyl (C=O) groups is 1. The molecule has 2 heterocycles. The van der Waals surface area contributed by atoms with Crippen LogP contribution in [0, 0.1) is 5.41 Å². The van der Waals surface area contributed by atoms with E-state index >= 15 is 0 Å². The number of benzene rings is 1. The van der Waals surface area contributed by atoms with E-state index in [4.69, 9.17) is 13.9 Å². The molecule has 2 fully saturated rings. The Bertz CT molecular complexity index is 936. The molecule has 1 aromatic carbocycles. The largest absolute Gasteiger partial charge is 0.591 e. The number of hydrogen-bond acceptors (Lipinski definition) is 6. The number of anilines is 1. The van der Waals surface area contributed by atoms with Crippen molar-refractivity contribution >= 4 is 28.9 Å². The molecule has 3 aliphatic rings. The highest BCUT2D eigenvalue weighted by Gasteiger charge is 2.48. The van der Waals surface area contributed by atoms with Crippen molar-refractivity contribution in [3.8, 4) is 0 Å². The van der Waals surface area contributed by atoms with Gasteiger partial charge in [-0.3, -0.25) is 0 Å². The van der Waals surface area contributed by atoms with E-state index < -0.39 is 21.7 Å². The van der Waals surface area contributed by atoms with Crippen LogP contribution in [0.2, 0.25) is 0 Å². The quantitative estimate of drug-likeness (QED) is 0.577. The molecule has 0 saturated carbocycles. The second kappa shape index (κ2) is 9.36. The van der Waals surface area contributed by atoms with Crippen molar-refractivity contribution in [2.45, 2.75) is 71.2 Å². The van der Waals surface area contributed by atoms with Crippen LogP contribution in [0.25, 0.3) is 0 Å². The Morgan fingerprint density at radius 1 is 1.09 bits per heavy atom. The van der Waals surface area contributed by atoms with Crippen LogP contribution in [0.15, 0.2) is 22.6 Å². The molecule has 8 heteroatoms. The SMILES string of the molecule is CC(C)(C)OC(=O)N1CCC2(CC1)Cc1ccc(N3CCOCC3)cc1C2=N[S+]([O-])C(C)(C)C. The third-order valence-electron chi connectivity index (χ3n) is 6.83. The lowest BCUT2D eigenvalue weighted by atomic mass is 9.74. The smallest absolute Gasteiger partial charge is 0.410 e. The third-order valence-corrected chi connectivity index (χ3v) is 8.22. The van der Waals surface area contributed by atoms with Gasteiger partial charge in [-0.15, -0.1) is 0 Å². The van der Waals surface area contributed by atoms with Gasteiger partial charge in [0.1, 0.15) is 27.4 Å². The van der Waals surface area contributed by atoms with Crippen molar-refractivity contribution < 1.29 is 18.8 Å². The van der Waals surface area contributed by atoms with Crippen molar-refractivity contribution in [3.05, 3.63) is 29.3 Å². The van der Waals surface area contributed by atoms with Gasteiger partial charge in [0.25, 0.3) is 0 Å². The van der Waals surface area contributed by atoms with Gasteiger partial charge >= 0.3 is 6.09 Å². The van der Waals surface area contributed by atoms with Crippen LogP contribution in [0.1, 0.15) is 65.5 Å². The Hall–Kier alpha value is -1.77. The predicted molar refractivity (Wildman–Crippen MR) is 137 cm³/mol. The highest BCUT2D eigenvalue weighted by Crippen LogP contribution is 2.47. The predicted octanol–water partition coefficient (Wildman–Crippen LogP) is 4.35. The number of piperidine rings is 1. The lowest BCUT2D eigenvalue weighted by Crippen LogP contribution is -2.47. The Kier molecular flexibility index (Phi) is 6.97. The van der Waals surface area contributed by atoms with E-state index in [1.165, 1.54) is 11.3 Å². The summed E-state index contributed by atoms with van der Waals surface area (Å²) in [5, 5.41) is 0. The third kappa shape index (κ3) is 5.39. The summed E-state index contributed by atoms with van der Waals surface area (Å²) in [7, 11) is 0. The number of rotatable bonds is 2. The first-order valence-corrected chi connectivity index (χ1v) is 13.4. The lowest BCUT2D eigenvalue weighted by molar-refractivity contribution is 0.0159. The Morgan fingerprint density at radius 2 is 1.74 bits per heavy atom. The molecule has 1 spiro atoms. The number of morpholine rings is 1. The van der Waals surface area contributed by atoms with Gasteiger partial charge in [-0.1, -0.05) is 10.5 Å². The topological polar surface area (TPSA) is 77.4 Å². The lowest BCUT2D eigenvalue weighted by Gasteiger charge is -2.39. The summed E-state index contributed by atoms with van der Waals surface area (Å²) in [5.41, 5.74) is 3.78. The number of amides is 1. The number of fused-ring (bicyclic) bond motifs is 1. The Morgan fingerprint density at radius 3 is 2.32 bits per heavy atom. The van der Waals surface area contributed by atoms with Crippen molar-refractivity contribution in [2.75, 3.05) is 44.3 Å². The van der Waals surface area contributed by atoms with Gasteiger partial charge in [0.05, 0.1) is 13.2 Å². The number of ether oxygens (including phenoxy) is 2. The highest BCUT2D eigenvalue weighted by atomic mass is 32.2. The summed E-state index contributed by atoms with van der Waals surface area (Å²) in [4.78, 5) is 16.8. The van der Waals surface area contributed by atoms with E-state index in [2.05, 4.69) is 23.1 Å². The first-order chi connectivity index (χ1) is 15.9. The minimum absolute atomic E-state index is 0.203. The van der Waals surface area contributed by atoms with Crippen LogP contribution >= 0.6 is 0 Å². The number of hydrogen-bond donors (Lipinski definition) is 0. The van der Waals surface area contributed by atoms with Gasteiger partial charge in [-0.05, 0) is 78.5 Å². The summed E-state index contributed by atoms with van der Waals surface area (Å²) in [6.07, 6.45) is 2.18. The minimum atomic E-state index is -1.36. The minimum Gasteiger partial charge on any atom is -0.591 e. The Labute approximate surface area is 207 Å². The molecule has 2 aliphatic heterocycles. The molecule has 1 amide bonds. The molecule has 1 aromatic rings. The summed E-state index contributed by atoms with van der Waals surface area (Å²) < 4.78 is 28.8. The van der Waals surface area contributed by atoms with Gasteiger partial charge in [-0.25, -0.2) is 4.79 Å². The Balaban J connectivity index is 1.63. The summed E-state index contributed by atoms with van der Waals surface area (Å²) in [5.74, 6) is 0. The van der Waals surface area contributed by atoms with Crippen LogP contribution in [-0.2, 0) is 27.3 Å². The molecule has 2 saturated heterocycles. The number of likely N-dealkylation sites (tertiary alicyclic amines) is 1. The monoisotopic (exact) mass is 489 g/mol. The maximum Gasteiger partial charge on any atom is 0.410 e. The van der Waals surface area contributed by atoms with E-state index in [0.717, 1.165) is 56.8 Å². The van der Waals surface area contributed by atoms with Crippen LogP contribution in [0.5, 0.6) is 0 Å². The van der Waals surface area contributed by atoms with Crippen molar-refractivity contribution in [3.63, 3.8) is 0 Å². The van der Waals surface area contributed by atoms with E-state index in [-0.39, 0.29) is 11.5 Å². The molecule has 1 atom stereocenters. The van der Waals surface area contributed by atoms with E-state index in [1.54, 1.807) is 4.90 Å². The van der Waals surface area contributed by atoms with Crippen LogP contribution in [-0.4, -0.2) is 71.0 Å². The van der Waals surface area contributed by atoms with Crippen molar-refractivity contribution in [1.82, 2.24) is 4.90 Å². The molecule has 188 valence electrons. The maximum atomic E-state index is 13.2. The zero-order chi connectivity index (χ0) is 24.7. The van der Waals surface area contributed by atoms with Crippen molar-refractivity contribution in [2.24, 2.45) is 9.81 Å². The fraction of sp³-hybridized carbons (Fsp3) is 0.692. The summed E-state index contributed by atoms with van der Waals surface area (Å²) >= 11 is -1.36.